The molecule has 0 bridgehead atoms. The molecule has 1 fully saturated rings. The fourth-order valence-electron chi connectivity index (χ4n) is 2.04. The number of halogens is 3. The molecule has 0 unspecified atom stereocenters. The standard InChI is InChI=1S/C13H16ClF2N/c14-9-12(7-4-8-12)17-10-13(15,16)11-5-2-1-3-6-11/h1-3,5-6,17H,4,7-10H2. The summed E-state index contributed by atoms with van der Waals surface area (Å²) in [6.07, 6.45) is 2.85. The second kappa shape index (κ2) is 4.91. The molecule has 2 rings (SSSR count). The smallest absolute Gasteiger partial charge is 0.285 e. The van der Waals surface area contributed by atoms with Crippen LogP contribution in [-0.2, 0) is 5.92 Å². The molecule has 0 heterocycles. The first-order valence-electron chi connectivity index (χ1n) is 5.82. The lowest BCUT2D eigenvalue weighted by Gasteiger charge is -2.42. The molecule has 1 saturated carbocycles. The molecule has 1 aromatic carbocycles. The van der Waals surface area contributed by atoms with E-state index < -0.39 is 5.92 Å². The molecule has 1 aliphatic carbocycles. The average Bonchev–Trinajstić information content (AvgIpc) is 2.29. The number of nitrogens with one attached hydrogen (secondary N) is 1. The molecule has 0 aliphatic heterocycles. The second-order valence-electron chi connectivity index (χ2n) is 4.69. The van der Waals surface area contributed by atoms with Crippen LogP contribution in [0.15, 0.2) is 30.3 Å². The van der Waals surface area contributed by atoms with Gasteiger partial charge in [-0.15, -0.1) is 11.6 Å². The zero-order valence-electron chi connectivity index (χ0n) is 9.56. The van der Waals surface area contributed by atoms with E-state index in [0.29, 0.717) is 5.88 Å². The first kappa shape index (κ1) is 12.8. The van der Waals surface area contributed by atoms with E-state index in [0.717, 1.165) is 19.3 Å². The Morgan fingerprint density at radius 3 is 2.35 bits per heavy atom. The largest absolute Gasteiger partial charge is 0.304 e. The van der Waals surface area contributed by atoms with E-state index in [1.807, 2.05) is 0 Å². The summed E-state index contributed by atoms with van der Waals surface area (Å²) in [4.78, 5) is 0. The van der Waals surface area contributed by atoms with Crippen molar-refractivity contribution in [3.8, 4) is 0 Å². The molecule has 17 heavy (non-hydrogen) atoms. The highest BCUT2D eigenvalue weighted by Crippen LogP contribution is 2.35. The maximum absolute atomic E-state index is 13.9. The monoisotopic (exact) mass is 259 g/mol. The summed E-state index contributed by atoms with van der Waals surface area (Å²) in [6.45, 7) is -0.344. The highest BCUT2D eigenvalue weighted by atomic mass is 35.5. The van der Waals surface area contributed by atoms with Crippen LogP contribution in [0.5, 0.6) is 0 Å². The first-order valence-corrected chi connectivity index (χ1v) is 6.36. The van der Waals surface area contributed by atoms with Crippen LogP contribution < -0.4 is 5.32 Å². The van der Waals surface area contributed by atoms with E-state index in [1.54, 1.807) is 18.2 Å². The van der Waals surface area contributed by atoms with E-state index in [2.05, 4.69) is 5.32 Å². The predicted octanol–water partition coefficient (Wildman–Crippen LogP) is 3.53. The third-order valence-corrected chi connectivity index (χ3v) is 3.96. The van der Waals surface area contributed by atoms with Crippen LogP contribution in [0.25, 0.3) is 0 Å². The van der Waals surface area contributed by atoms with Crippen molar-refractivity contribution in [2.45, 2.75) is 30.7 Å². The van der Waals surface area contributed by atoms with Crippen LogP contribution in [0.1, 0.15) is 24.8 Å². The van der Waals surface area contributed by atoms with E-state index >= 15 is 0 Å². The van der Waals surface area contributed by atoms with Crippen LogP contribution in [0.3, 0.4) is 0 Å². The Labute approximate surface area is 105 Å². The van der Waals surface area contributed by atoms with Gasteiger partial charge in [-0.3, -0.25) is 0 Å². The molecule has 4 heteroatoms. The lowest BCUT2D eigenvalue weighted by molar-refractivity contribution is -0.0153. The number of hydrogen-bond acceptors (Lipinski definition) is 1. The molecular weight excluding hydrogens is 244 g/mol. The van der Waals surface area contributed by atoms with Gasteiger partial charge in [0, 0.05) is 17.0 Å². The quantitative estimate of drug-likeness (QED) is 0.798. The minimum atomic E-state index is -2.84. The van der Waals surface area contributed by atoms with E-state index in [9.17, 15) is 8.78 Å². The topological polar surface area (TPSA) is 12.0 Å². The molecular formula is C13H16ClF2N. The molecule has 94 valence electrons. The molecule has 1 aliphatic rings. The second-order valence-corrected chi connectivity index (χ2v) is 4.96. The summed E-state index contributed by atoms with van der Waals surface area (Å²) < 4.78 is 27.8. The van der Waals surface area contributed by atoms with Crippen molar-refractivity contribution in [2.75, 3.05) is 12.4 Å². The molecule has 0 amide bonds. The van der Waals surface area contributed by atoms with Gasteiger partial charge in [0.2, 0.25) is 0 Å². The summed E-state index contributed by atoms with van der Waals surface area (Å²) in [5.41, 5.74) is -0.212. The van der Waals surface area contributed by atoms with Crippen LogP contribution in [0.4, 0.5) is 8.78 Å². The van der Waals surface area contributed by atoms with Gasteiger partial charge in [-0.1, -0.05) is 30.3 Å². The lowest BCUT2D eigenvalue weighted by Crippen LogP contribution is -2.55. The van der Waals surface area contributed by atoms with Gasteiger partial charge in [-0.2, -0.15) is 8.78 Å². The highest BCUT2D eigenvalue weighted by molar-refractivity contribution is 6.18. The molecule has 0 aromatic heterocycles. The van der Waals surface area contributed by atoms with Gasteiger partial charge < -0.3 is 5.32 Å². The van der Waals surface area contributed by atoms with Gasteiger partial charge in [0.05, 0.1) is 6.54 Å². The number of benzene rings is 1. The third kappa shape index (κ3) is 2.78. The normalized spacial score (nSPS) is 18.8. The minimum Gasteiger partial charge on any atom is -0.304 e. The molecule has 0 saturated heterocycles. The van der Waals surface area contributed by atoms with E-state index in [4.69, 9.17) is 11.6 Å². The van der Waals surface area contributed by atoms with Gasteiger partial charge in [-0.25, -0.2) is 0 Å². The summed E-state index contributed by atoms with van der Waals surface area (Å²) in [5, 5.41) is 2.94. The van der Waals surface area contributed by atoms with Gasteiger partial charge in [-0.05, 0) is 19.3 Å². The first-order chi connectivity index (χ1) is 8.08. The summed E-state index contributed by atoms with van der Waals surface area (Å²) in [6, 6.07) is 7.90. The number of rotatable bonds is 5. The van der Waals surface area contributed by atoms with Gasteiger partial charge in [0.15, 0.2) is 0 Å². The molecule has 0 spiro atoms. The van der Waals surface area contributed by atoms with Crippen molar-refractivity contribution in [3.05, 3.63) is 35.9 Å². The SMILES string of the molecule is FC(F)(CNC1(CCl)CCC1)c1ccccc1. The van der Waals surface area contributed by atoms with Crippen molar-refractivity contribution in [3.63, 3.8) is 0 Å². The van der Waals surface area contributed by atoms with Crippen molar-refractivity contribution in [1.82, 2.24) is 5.32 Å². The van der Waals surface area contributed by atoms with Crippen molar-refractivity contribution in [2.24, 2.45) is 0 Å². The Balaban J connectivity index is 1.98. The Hall–Kier alpha value is -0.670. The number of hydrogen-bond donors (Lipinski definition) is 1. The fraction of sp³-hybridized carbons (Fsp3) is 0.538. The average molecular weight is 260 g/mol. The van der Waals surface area contributed by atoms with E-state index in [-0.39, 0.29) is 17.6 Å². The van der Waals surface area contributed by atoms with Crippen LogP contribution >= 0.6 is 11.6 Å². The summed E-state index contributed by atoms with van der Waals surface area (Å²) in [5.74, 6) is -2.44. The molecule has 1 N–H and O–H groups in total. The predicted molar refractivity (Wildman–Crippen MR) is 65.6 cm³/mol. The third-order valence-electron chi connectivity index (χ3n) is 3.45. The fourth-order valence-corrected chi connectivity index (χ4v) is 2.41. The zero-order chi connectivity index (χ0) is 12.4. The molecule has 1 aromatic rings. The van der Waals surface area contributed by atoms with Gasteiger partial charge >= 0.3 is 0 Å². The Kier molecular flexibility index (Phi) is 3.69. The minimum absolute atomic E-state index is 0.0524. The van der Waals surface area contributed by atoms with E-state index in [1.165, 1.54) is 12.1 Å². The van der Waals surface area contributed by atoms with Gasteiger partial charge in [0.1, 0.15) is 0 Å². The Bertz CT molecular complexity index is 357. The summed E-state index contributed by atoms with van der Waals surface area (Å²) >= 11 is 5.83. The van der Waals surface area contributed by atoms with Crippen molar-refractivity contribution >= 4 is 11.6 Å². The number of alkyl halides is 3. The highest BCUT2D eigenvalue weighted by Gasteiger charge is 2.40. The maximum Gasteiger partial charge on any atom is 0.285 e. The van der Waals surface area contributed by atoms with Crippen LogP contribution in [-0.4, -0.2) is 18.0 Å². The lowest BCUT2D eigenvalue weighted by atomic mass is 9.78. The Morgan fingerprint density at radius 2 is 1.88 bits per heavy atom. The molecule has 0 radical (unpaired) electrons. The molecule has 0 atom stereocenters. The molecule has 1 nitrogen and oxygen atoms in total. The maximum atomic E-state index is 13.9. The van der Waals surface area contributed by atoms with Gasteiger partial charge in [0.25, 0.3) is 5.92 Å². The van der Waals surface area contributed by atoms with Crippen LogP contribution in [0.2, 0.25) is 0 Å². The Morgan fingerprint density at radius 1 is 1.24 bits per heavy atom. The van der Waals surface area contributed by atoms with Crippen molar-refractivity contribution < 1.29 is 8.78 Å². The van der Waals surface area contributed by atoms with Crippen LogP contribution in [0, 0.1) is 0 Å². The summed E-state index contributed by atoms with van der Waals surface area (Å²) in [7, 11) is 0. The zero-order valence-corrected chi connectivity index (χ0v) is 10.3. The van der Waals surface area contributed by atoms with Crippen molar-refractivity contribution in [1.29, 1.82) is 0 Å².